The molecule has 0 saturated heterocycles. The summed E-state index contributed by atoms with van der Waals surface area (Å²) in [6, 6.07) is 0. The average molecular weight is 423 g/mol. The van der Waals surface area contributed by atoms with Crippen LogP contribution in [0.1, 0.15) is 129 Å². The van der Waals surface area contributed by atoms with Gasteiger partial charge in [-0.05, 0) is 37.8 Å². The van der Waals surface area contributed by atoms with Gasteiger partial charge in [0.25, 0.3) is 0 Å². The van der Waals surface area contributed by atoms with Crippen molar-refractivity contribution in [1.82, 2.24) is 0 Å². The van der Waals surface area contributed by atoms with Gasteiger partial charge in [0.2, 0.25) is 0 Å². The minimum Gasteiger partial charge on any atom is -0.435 e. The Kier molecular flexibility index (Phi) is 22.4. The predicted molar refractivity (Wildman–Crippen MR) is 125 cm³/mol. The number of esters is 2. The van der Waals surface area contributed by atoms with Crippen molar-refractivity contribution >= 4 is 11.9 Å². The monoisotopic (exact) mass is 422 g/mol. The van der Waals surface area contributed by atoms with Crippen molar-refractivity contribution in [3.05, 3.63) is 24.7 Å². The van der Waals surface area contributed by atoms with Crippen LogP contribution in [0.2, 0.25) is 0 Å². The van der Waals surface area contributed by atoms with E-state index in [0.29, 0.717) is 0 Å². The van der Waals surface area contributed by atoms with Crippen LogP contribution < -0.4 is 0 Å². The third-order valence-electron chi connectivity index (χ3n) is 5.07. The molecule has 0 unspecified atom stereocenters. The molecule has 0 N–H and O–H groups in total. The standard InChI is InChI=1S/C26H46O4/c1-3-5-7-9-11-13-15-17-19-23-29-25(27)21-22-26(28)30-24-20-18-16-14-12-10-8-6-4-2/h19-20,23-24H,3-18,21-22H2,1-2H3/b23-19+,24-20+. The quantitative estimate of drug-likeness (QED) is 0.106. The van der Waals surface area contributed by atoms with Gasteiger partial charge in [0.1, 0.15) is 0 Å². The molecule has 4 heteroatoms. The van der Waals surface area contributed by atoms with E-state index in [2.05, 4.69) is 13.8 Å². The normalized spacial score (nSPS) is 11.4. The molecule has 0 aliphatic heterocycles. The van der Waals surface area contributed by atoms with Gasteiger partial charge in [-0.2, -0.15) is 0 Å². The van der Waals surface area contributed by atoms with Crippen LogP contribution in [0.4, 0.5) is 0 Å². The molecule has 0 atom stereocenters. The van der Waals surface area contributed by atoms with Gasteiger partial charge >= 0.3 is 11.9 Å². The van der Waals surface area contributed by atoms with Gasteiger partial charge in [0.05, 0.1) is 25.4 Å². The number of ether oxygens (including phenoxy) is 2. The molecule has 0 heterocycles. The lowest BCUT2D eigenvalue weighted by Crippen LogP contribution is -2.06. The predicted octanol–water partition coefficient (Wildman–Crippen LogP) is 8.16. The summed E-state index contributed by atoms with van der Waals surface area (Å²) < 4.78 is 10.0. The maximum atomic E-state index is 11.6. The summed E-state index contributed by atoms with van der Waals surface area (Å²) in [4.78, 5) is 23.3. The first-order valence-corrected chi connectivity index (χ1v) is 12.4. The van der Waals surface area contributed by atoms with E-state index in [1.807, 2.05) is 12.2 Å². The largest absolute Gasteiger partial charge is 0.435 e. The first-order valence-electron chi connectivity index (χ1n) is 12.4. The highest BCUT2D eigenvalue weighted by molar-refractivity contribution is 5.78. The lowest BCUT2D eigenvalue weighted by atomic mass is 10.1. The van der Waals surface area contributed by atoms with E-state index in [9.17, 15) is 9.59 Å². The fourth-order valence-corrected chi connectivity index (χ4v) is 3.14. The highest BCUT2D eigenvalue weighted by atomic mass is 16.5. The third kappa shape index (κ3) is 22.7. The summed E-state index contributed by atoms with van der Waals surface area (Å²) in [5.74, 6) is -0.787. The maximum Gasteiger partial charge on any atom is 0.311 e. The number of rotatable bonds is 21. The molecule has 0 aliphatic carbocycles. The zero-order valence-electron chi connectivity index (χ0n) is 19.7. The number of hydrogen-bond acceptors (Lipinski definition) is 4. The third-order valence-corrected chi connectivity index (χ3v) is 5.07. The molecule has 4 nitrogen and oxygen atoms in total. The number of unbranched alkanes of at least 4 members (excludes halogenated alkanes) is 14. The molecule has 0 radical (unpaired) electrons. The van der Waals surface area contributed by atoms with E-state index in [-0.39, 0.29) is 12.8 Å². The fourth-order valence-electron chi connectivity index (χ4n) is 3.14. The number of carbonyl (C=O) groups excluding carboxylic acids is 2. The van der Waals surface area contributed by atoms with Gasteiger partial charge in [-0.15, -0.1) is 0 Å². The molecule has 0 aliphatic rings. The van der Waals surface area contributed by atoms with Crippen LogP contribution in [0.3, 0.4) is 0 Å². The fraction of sp³-hybridized carbons (Fsp3) is 0.769. The van der Waals surface area contributed by atoms with Crippen LogP contribution in [0.25, 0.3) is 0 Å². The van der Waals surface area contributed by atoms with Gasteiger partial charge in [0, 0.05) is 0 Å². The SMILES string of the molecule is CCCCCCCCC/C=C/OC(=O)CCC(=O)O/C=C/CCCCCCCCC. The van der Waals surface area contributed by atoms with Crippen LogP contribution >= 0.6 is 0 Å². The molecule has 30 heavy (non-hydrogen) atoms. The second-order valence-corrected chi connectivity index (χ2v) is 8.04. The molecule has 0 spiro atoms. The number of hydrogen-bond donors (Lipinski definition) is 0. The molecule has 0 saturated carbocycles. The molecule has 0 aromatic rings. The van der Waals surface area contributed by atoms with Crippen molar-refractivity contribution in [1.29, 1.82) is 0 Å². The zero-order chi connectivity index (χ0) is 22.1. The van der Waals surface area contributed by atoms with E-state index < -0.39 is 11.9 Å². The van der Waals surface area contributed by atoms with Gasteiger partial charge in [-0.25, -0.2) is 0 Å². The summed E-state index contributed by atoms with van der Waals surface area (Å²) in [6.07, 6.45) is 26.4. The molecule has 0 aromatic heterocycles. The Hall–Kier alpha value is -1.58. The molecular weight excluding hydrogens is 376 g/mol. The lowest BCUT2D eigenvalue weighted by molar-refractivity contribution is -0.144. The van der Waals surface area contributed by atoms with Crippen molar-refractivity contribution in [2.45, 2.75) is 129 Å². The summed E-state index contributed by atoms with van der Waals surface area (Å²) in [6.45, 7) is 4.45. The molecule has 0 rings (SSSR count). The summed E-state index contributed by atoms with van der Waals surface area (Å²) in [7, 11) is 0. The molecular formula is C26H46O4. The van der Waals surface area contributed by atoms with Crippen LogP contribution in [0, 0.1) is 0 Å². The molecule has 0 amide bonds. The van der Waals surface area contributed by atoms with E-state index in [1.165, 1.54) is 89.6 Å². The highest BCUT2D eigenvalue weighted by Crippen LogP contribution is 2.10. The average Bonchev–Trinajstić information content (AvgIpc) is 2.75. The van der Waals surface area contributed by atoms with E-state index in [0.717, 1.165) is 25.7 Å². The Morgan fingerprint density at radius 3 is 1.23 bits per heavy atom. The van der Waals surface area contributed by atoms with Gasteiger partial charge in [-0.3, -0.25) is 9.59 Å². The Morgan fingerprint density at radius 2 is 0.867 bits per heavy atom. The lowest BCUT2D eigenvalue weighted by Gasteiger charge is -2.01. The van der Waals surface area contributed by atoms with Crippen LogP contribution in [-0.4, -0.2) is 11.9 Å². The molecule has 0 bridgehead atoms. The maximum absolute atomic E-state index is 11.6. The second kappa shape index (κ2) is 23.7. The first kappa shape index (κ1) is 28.4. The Morgan fingerprint density at radius 1 is 0.533 bits per heavy atom. The zero-order valence-corrected chi connectivity index (χ0v) is 19.7. The van der Waals surface area contributed by atoms with Crippen LogP contribution in [0.15, 0.2) is 24.7 Å². The molecule has 0 fully saturated rings. The molecule has 174 valence electrons. The van der Waals surface area contributed by atoms with Crippen LogP contribution in [-0.2, 0) is 19.1 Å². The van der Waals surface area contributed by atoms with E-state index >= 15 is 0 Å². The van der Waals surface area contributed by atoms with Gasteiger partial charge in [-0.1, -0.05) is 90.9 Å². The minimum atomic E-state index is -0.394. The second-order valence-electron chi connectivity index (χ2n) is 8.04. The van der Waals surface area contributed by atoms with E-state index in [4.69, 9.17) is 9.47 Å². The van der Waals surface area contributed by atoms with Gasteiger partial charge < -0.3 is 9.47 Å². The Balaban J connectivity index is 3.49. The topological polar surface area (TPSA) is 52.6 Å². The van der Waals surface area contributed by atoms with Crippen molar-refractivity contribution in [2.24, 2.45) is 0 Å². The summed E-state index contributed by atoms with van der Waals surface area (Å²) in [5.41, 5.74) is 0. The van der Waals surface area contributed by atoms with Crippen LogP contribution in [0.5, 0.6) is 0 Å². The smallest absolute Gasteiger partial charge is 0.311 e. The Bertz CT molecular complexity index is 412. The van der Waals surface area contributed by atoms with E-state index in [1.54, 1.807) is 0 Å². The number of carbonyl (C=O) groups is 2. The molecule has 0 aromatic carbocycles. The highest BCUT2D eigenvalue weighted by Gasteiger charge is 2.07. The van der Waals surface area contributed by atoms with Crippen molar-refractivity contribution in [3.63, 3.8) is 0 Å². The van der Waals surface area contributed by atoms with Crippen molar-refractivity contribution in [3.8, 4) is 0 Å². The minimum absolute atomic E-state index is 0.0478. The summed E-state index contributed by atoms with van der Waals surface area (Å²) >= 11 is 0. The Labute approximate surface area is 185 Å². The summed E-state index contributed by atoms with van der Waals surface area (Å²) in [5, 5.41) is 0. The van der Waals surface area contributed by atoms with Crippen molar-refractivity contribution < 1.29 is 19.1 Å². The van der Waals surface area contributed by atoms with Gasteiger partial charge in [0.15, 0.2) is 0 Å². The van der Waals surface area contributed by atoms with Crippen molar-refractivity contribution in [2.75, 3.05) is 0 Å². The first-order chi connectivity index (χ1) is 14.7. The number of allylic oxidation sites excluding steroid dienone is 2.